The molecular weight excluding hydrogens is 198 g/mol. The van der Waals surface area contributed by atoms with Gasteiger partial charge in [0.05, 0.1) is 0 Å². The maximum Gasteiger partial charge on any atom is 0.262 e. The molecular formula is C14H9NO. The summed E-state index contributed by atoms with van der Waals surface area (Å²) < 4.78 is 0. The Bertz CT molecular complexity index is 552. The van der Waals surface area contributed by atoms with Crippen molar-refractivity contribution in [2.45, 2.75) is 0 Å². The van der Waals surface area contributed by atoms with E-state index in [9.17, 15) is 4.79 Å². The summed E-state index contributed by atoms with van der Waals surface area (Å²) in [5.41, 5.74) is 2.20. The van der Waals surface area contributed by atoms with Crippen LogP contribution in [0.15, 0.2) is 54.6 Å². The molecule has 0 atom stereocenters. The number of carbonyl (C=O) groups is 1. The smallest absolute Gasteiger partial charge is 0.262 e. The molecule has 0 heterocycles. The van der Waals surface area contributed by atoms with E-state index in [4.69, 9.17) is 5.26 Å². The Morgan fingerprint density at radius 2 is 1.56 bits per heavy atom. The highest BCUT2D eigenvalue weighted by Crippen LogP contribution is 2.23. The van der Waals surface area contributed by atoms with Crippen LogP contribution >= 0.6 is 0 Å². The van der Waals surface area contributed by atoms with Gasteiger partial charge in [-0.15, -0.1) is 0 Å². The van der Waals surface area contributed by atoms with Crippen molar-refractivity contribution < 1.29 is 4.79 Å². The van der Waals surface area contributed by atoms with Crippen LogP contribution in [0, 0.1) is 11.3 Å². The van der Waals surface area contributed by atoms with Crippen molar-refractivity contribution in [3.8, 4) is 17.2 Å². The molecule has 0 radical (unpaired) electrons. The van der Waals surface area contributed by atoms with E-state index in [0.717, 1.165) is 11.1 Å². The van der Waals surface area contributed by atoms with Gasteiger partial charge in [0.25, 0.3) is 5.78 Å². The van der Waals surface area contributed by atoms with Gasteiger partial charge in [0, 0.05) is 5.56 Å². The number of nitrogens with zero attached hydrogens (tertiary/aromatic N) is 1. The van der Waals surface area contributed by atoms with Crippen LogP contribution in [0.4, 0.5) is 0 Å². The van der Waals surface area contributed by atoms with Crippen molar-refractivity contribution in [1.82, 2.24) is 0 Å². The van der Waals surface area contributed by atoms with Gasteiger partial charge < -0.3 is 0 Å². The third-order valence-electron chi connectivity index (χ3n) is 2.36. The fourth-order valence-corrected chi connectivity index (χ4v) is 1.61. The Morgan fingerprint density at radius 3 is 2.25 bits per heavy atom. The van der Waals surface area contributed by atoms with Crippen LogP contribution in [0.2, 0.25) is 0 Å². The maximum atomic E-state index is 11.4. The minimum absolute atomic E-state index is 0.455. The molecule has 2 aromatic carbocycles. The summed E-state index contributed by atoms with van der Waals surface area (Å²) in [7, 11) is 0. The van der Waals surface area contributed by atoms with Gasteiger partial charge in [0.15, 0.2) is 0 Å². The molecule has 0 aliphatic rings. The van der Waals surface area contributed by atoms with Gasteiger partial charge >= 0.3 is 0 Å². The molecule has 76 valence electrons. The molecule has 0 unspecified atom stereocenters. The monoisotopic (exact) mass is 207 g/mol. The first-order valence-corrected chi connectivity index (χ1v) is 4.92. The number of rotatable bonds is 2. The second-order valence-electron chi connectivity index (χ2n) is 3.35. The molecule has 0 aromatic heterocycles. The highest BCUT2D eigenvalue weighted by Gasteiger charge is 2.10. The second kappa shape index (κ2) is 4.41. The van der Waals surface area contributed by atoms with Crippen LogP contribution in [0.5, 0.6) is 0 Å². The van der Waals surface area contributed by atoms with Gasteiger partial charge in [-0.1, -0.05) is 48.5 Å². The fraction of sp³-hybridized carbons (Fsp3) is 0. The van der Waals surface area contributed by atoms with E-state index in [1.165, 1.54) is 0 Å². The summed E-state index contributed by atoms with van der Waals surface area (Å²) in [6.45, 7) is 0. The first-order chi connectivity index (χ1) is 7.83. The Morgan fingerprint density at radius 1 is 0.938 bits per heavy atom. The van der Waals surface area contributed by atoms with E-state index in [-0.39, 0.29) is 0 Å². The predicted molar refractivity (Wildman–Crippen MR) is 61.8 cm³/mol. The lowest BCUT2D eigenvalue weighted by atomic mass is 9.98. The van der Waals surface area contributed by atoms with Gasteiger partial charge in [-0.3, -0.25) is 4.79 Å². The largest absolute Gasteiger partial charge is 0.277 e. The molecule has 0 saturated heterocycles. The zero-order chi connectivity index (χ0) is 11.4. The minimum Gasteiger partial charge on any atom is -0.277 e. The van der Waals surface area contributed by atoms with Gasteiger partial charge in [-0.05, 0) is 17.2 Å². The van der Waals surface area contributed by atoms with Crippen LogP contribution < -0.4 is 0 Å². The molecule has 2 aromatic rings. The molecule has 2 nitrogen and oxygen atoms in total. The van der Waals surface area contributed by atoms with E-state index < -0.39 is 5.78 Å². The number of Topliss-reactive ketones (excluding diaryl/α,β-unsaturated/α-hetero) is 1. The zero-order valence-corrected chi connectivity index (χ0v) is 8.55. The van der Waals surface area contributed by atoms with Crippen LogP contribution in [0.1, 0.15) is 10.4 Å². The zero-order valence-electron chi connectivity index (χ0n) is 8.55. The summed E-state index contributed by atoms with van der Waals surface area (Å²) in [6, 6.07) is 18.4. The Hall–Kier alpha value is -2.40. The van der Waals surface area contributed by atoms with Crippen molar-refractivity contribution in [3.05, 3.63) is 60.2 Å². The molecule has 0 bridgehead atoms. The van der Waals surface area contributed by atoms with Crippen molar-refractivity contribution in [1.29, 1.82) is 5.26 Å². The number of carbonyl (C=O) groups excluding carboxylic acids is 1. The first-order valence-electron chi connectivity index (χ1n) is 4.92. The summed E-state index contributed by atoms with van der Waals surface area (Å²) in [5.74, 6) is -0.501. The lowest BCUT2D eigenvalue weighted by Gasteiger charge is -2.05. The third-order valence-corrected chi connectivity index (χ3v) is 2.36. The standard InChI is InChI=1S/C14H9NO/c15-10-14(16)13-9-5-4-8-12(13)11-6-2-1-3-7-11/h1-9H. The van der Waals surface area contributed by atoms with Crippen LogP contribution in [-0.4, -0.2) is 5.78 Å². The van der Waals surface area contributed by atoms with Crippen LogP contribution in [0.3, 0.4) is 0 Å². The fourth-order valence-electron chi connectivity index (χ4n) is 1.61. The van der Waals surface area contributed by atoms with E-state index in [0.29, 0.717) is 5.56 Å². The van der Waals surface area contributed by atoms with Gasteiger partial charge in [0.2, 0.25) is 0 Å². The molecule has 0 saturated carbocycles. The summed E-state index contributed by atoms with van der Waals surface area (Å²) in [5, 5.41) is 8.66. The quantitative estimate of drug-likeness (QED) is 0.561. The summed E-state index contributed by atoms with van der Waals surface area (Å²) in [4.78, 5) is 11.4. The number of benzene rings is 2. The number of hydrogen-bond donors (Lipinski definition) is 0. The molecule has 16 heavy (non-hydrogen) atoms. The van der Waals surface area contributed by atoms with Gasteiger partial charge in [-0.2, -0.15) is 5.26 Å². The SMILES string of the molecule is N#CC(=O)c1ccccc1-c1ccccc1. The van der Waals surface area contributed by atoms with Crippen molar-refractivity contribution in [2.24, 2.45) is 0 Å². The first kappa shape index (κ1) is 10.1. The third kappa shape index (κ3) is 1.84. The molecule has 0 spiro atoms. The van der Waals surface area contributed by atoms with E-state index in [2.05, 4.69) is 0 Å². The van der Waals surface area contributed by atoms with Crippen molar-refractivity contribution in [3.63, 3.8) is 0 Å². The number of hydrogen-bond acceptors (Lipinski definition) is 2. The lowest BCUT2D eigenvalue weighted by Crippen LogP contribution is -1.97. The summed E-state index contributed by atoms with van der Waals surface area (Å²) >= 11 is 0. The van der Waals surface area contributed by atoms with E-state index >= 15 is 0 Å². The Labute approximate surface area is 93.8 Å². The minimum atomic E-state index is -0.501. The van der Waals surface area contributed by atoms with Crippen molar-refractivity contribution >= 4 is 5.78 Å². The predicted octanol–water partition coefficient (Wildman–Crippen LogP) is 3.06. The van der Waals surface area contributed by atoms with Crippen LogP contribution in [0.25, 0.3) is 11.1 Å². The number of ketones is 1. The average Bonchev–Trinajstić information content (AvgIpc) is 2.39. The normalized spacial score (nSPS) is 9.44. The summed E-state index contributed by atoms with van der Waals surface area (Å²) in [6.07, 6.45) is 0. The van der Waals surface area contributed by atoms with Crippen molar-refractivity contribution in [2.75, 3.05) is 0 Å². The van der Waals surface area contributed by atoms with E-state index in [1.54, 1.807) is 18.2 Å². The van der Waals surface area contributed by atoms with E-state index in [1.807, 2.05) is 42.5 Å². The second-order valence-corrected chi connectivity index (χ2v) is 3.35. The highest BCUT2D eigenvalue weighted by molar-refractivity contribution is 6.11. The highest BCUT2D eigenvalue weighted by atomic mass is 16.1. The molecule has 2 heteroatoms. The molecule has 2 rings (SSSR count). The Kier molecular flexibility index (Phi) is 2.79. The molecule has 0 amide bonds. The molecule has 0 fully saturated rings. The number of nitriles is 1. The molecule has 0 N–H and O–H groups in total. The Balaban J connectivity index is 2.59. The van der Waals surface area contributed by atoms with Crippen LogP contribution in [-0.2, 0) is 0 Å². The molecule has 0 aliphatic heterocycles. The average molecular weight is 207 g/mol. The maximum absolute atomic E-state index is 11.4. The lowest BCUT2D eigenvalue weighted by molar-refractivity contribution is 0.105. The topological polar surface area (TPSA) is 40.9 Å². The molecule has 0 aliphatic carbocycles. The van der Waals surface area contributed by atoms with Gasteiger partial charge in [-0.25, -0.2) is 0 Å². The van der Waals surface area contributed by atoms with Gasteiger partial charge in [0.1, 0.15) is 6.07 Å².